The molecule has 392 valence electrons. The molecule has 0 radical (unpaired) electrons. The fraction of sp³-hybridized carbons (Fsp3) is 0.758. The zero-order chi connectivity index (χ0) is 49.3. The molecule has 1 atom stereocenters. The summed E-state index contributed by atoms with van der Waals surface area (Å²) < 4.78 is 16.8. The van der Waals surface area contributed by atoms with E-state index in [2.05, 4.69) is 93.7 Å². The van der Waals surface area contributed by atoms with Crippen LogP contribution in [-0.4, -0.2) is 37.2 Å². The largest absolute Gasteiger partial charge is 0.462 e. The molecule has 68 heavy (non-hydrogen) atoms. The molecule has 0 rings (SSSR count). The second-order valence-corrected chi connectivity index (χ2v) is 19.2. The van der Waals surface area contributed by atoms with Gasteiger partial charge in [-0.1, -0.05) is 235 Å². The molecule has 0 saturated carbocycles. The molecule has 1 unspecified atom stereocenters. The molecule has 0 heterocycles. The minimum atomic E-state index is -0.792. The molecule has 0 aliphatic carbocycles. The van der Waals surface area contributed by atoms with Gasteiger partial charge >= 0.3 is 17.9 Å². The Hall–Kier alpha value is -3.15. The first kappa shape index (κ1) is 64.8. The lowest BCUT2D eigenvalue weighted by Gasteiger charge is -2.18. The van der Waals surface area contributed by atoms with Crippen LogP contribution >= 0.6 is 0 Å². The van der Waals surface area contributed by atoms with Crippen LogP contribution in [0.15, 0.2) is 72.9 Å². The summed E-state index contributed by atoms with van der Waals surface area (Å²) in [5.74, 6) is -0.925. The first-order chi connectivity index (χ1) is 33.5. The van der Waals surface area contributed by atoms with Crippen molar-refractivity contribution in [3.8, 4) is 0 Å². The number of carbonyl (C=O) groups excluding carboxylic acids is 3. The van der Waals surface area contributed by atoms with Gasteiger partial charge in [-0.2, -0.15) is 0 Å². The summed E-state index contributed by atoms with van der Waals surface area (Å²) in [6.07, 6.45) is 72.1. The number of unbranched alkanes of at least 4 members (excludes halogenated alkanes) is 29. The minimum Gasteiger partial charge on any atom is -0.462 e. The van der Waals surface area contributed by atoms with E-state index in [1.54, 1.807) is 0 Å². The summed E-state index contributed by atoms with van der Waals surface area (Å²) in [7, 11) is 0. The van der Waals surface area contributed by atoms with Crippen molar-refractivity contribution in [2.75, 3.05) is 13.2 Å². The van der Waals surface area contributed by atoms with Crippen LogP contribution in [0, 0.1) is 0 Å². The van der Waals surface area contributed by atoms with Crippen LogP contribution in [0.25, 0.3) is 0 Å². The molecule has 0 fully saturated rings. The Labute approximate surface area is 421 Å². The molecular weight excluding hydrogens is 841 g/mol. The number of ether oxygens (including phenoxy) is 3. The quantitative estimate of drug-likeness (QED) is 0.0262. The van der Waals surface area contributed by atoms with E-state index in [4.69, 9.17) is 14.2 Å². The topological polar surface area (TPSA) is 78.9 Å². The Morgan fingerprint density at radius 1 is 0.309 bits per heavy atom. The Balaban J connectivity index is 4.17. The average Bonchev–Trinajstić information content (AvgIpc) is 3.34. The molecule has 0 bridgehead atoms. The molecule has 0 aromatic carbocycles. The Morgan fingerprint density at radius 2 is 0.603 bits per heavy atom. The maximum Gasteiger partial charge on any atom is 0.306 e. The molecule has 6 heteroatoms. The Morgan fingerprint density at radius 3 is 0.985 bits per heavy atom. The van der Waals surface area contributed by atoms with Gasteiger partial charge < -0.3 is 14.2 Å². The van der Waals surface area contributed by atoms with Gasteiger partial charge in [0.25, 0.3) is 0 Å². The number of esters is 3. The van der Waals surface area contributed by atoms with E-state index in [9.17, 15) is 14.4 Å². The molecule has 0 aromatic rings. The number of carbonyl (C=O) groups is 3. The van der Waals surface area contributed by atoms with Crippen molar-refractivity contribution in [3.05, 3.63) is 72.9 Å². The highest BCUT2D eigenvalue weighted by atomic mass is 16.6. The zero-order valence-corrected chi connectivity index (χ0v) is 44.9. The molecule has 0 aromatic heterocycles. The van der Waals surface area contributed by atoms with Crippen molar-refractivity contribution in [2.45, 2.75) is 290 Å². The molecule has 6 nitrogen and oxygen atoms in total. The van der Waals surface area contributed by atoms with Gasteiger partial charge in [0.2, 0.25) is 0 Å². The molecule has 0 spiro atoms. The van der Waals surface area contributed by atoms with E-state index in [0.29, 0.717) is 19.3 Å². The molecule has 0 N–H and O–H groups in total. The first-order valence-electron chi connectivity index (χ1n) is 28.9. The highest BCUT2D eigenvalue weighted by Crippen LogP contribution is 2.16. The smallest absolute Gasteiger partial charge is 0.306 e. The molecule has 0 aliphatic rings. The highest BCUT2D eigenvalue weighted by Gasteiger charge is 2.19. The third kappa shape index (κ3) is 53.8. The van der Waals surface area contributed by atoms with Gasteiger partial charge in [0.05, 0.1) is 0 Å². The van der Waals surface area contributed by atoms with E-state index in [-0.39, 0.29) is 31.1 Å². The van der Waals surface area contributed by atoms with Gasteiger partial charge in [-0.25, -0.2) is 0 Å². The van der Waals surface area contributed by atoms with Gasteiger partial charge in [0.1, 0.15) is 13.2 Å². The highest BCUT2D eigenvalue weighted by molar-refractivity contribution is 5.71. The number of hydrogen-bond donors (Lipinski definition) is 0. The predicted octanol–water partition coefficient (Wildman–Crippen LogP) is 19.4. The second kappa shape index (κ2) is 56.4. The van der Waals surface area contributed by atoms with Crippen LogP contribution in [0.3, 0.4) is 0 Å². The van der Waals surface area contributed by atoms with Crippen molar-refractivity contribution < 1.29 is 28.6 Å². The molecule has 0 amide bonds. The SMILES string of the molecule is CC/C=C\C/C=C\C/C=C\CCCCCC(=O)OC(COC(=O)CCCCCCC/C=C\CCC)COC(=O)CCCCCCCCCCCCCCCCC/C=C\C/C=C\CCCCCCC. The monoisotopic (exact) mass is 949 g/mol. The van der Waals surface area contributed by atoms with Crippen LogP contribution in [0.5, 0.6) is 0 Å². The number of allylic oxidation sites excluding steroid dienone is 12. The Kier molecular flexibility index (Phi) is 53.8. The third-order valence-corrected chi connectivity index (χ3v) is 12.4. The summed E-state index contributed by atoms with van der Waals surface area (Å²) in [6.45, 7) is 6.43. The lowest BCUT2D eigenvalue weighted by molar-refractivity contribution is -0.167. The molecule has 0 aliphatic heterocycles. The Bertz CT molecular complexity index is 1270. The standard InChI is InChI=1S/C62H108O6/c1-4-7-10-13-16-19-22-24-25-26-27-28-29-30-31-32-33-34-35-36-37-39-40-43-46-49-52-55-61(64)67-58-59(57-66-60(63)54-51-48-45-42-21-18-15-12-9-6-3)68-62(65)56-53-50-47-44-41-38-23-20-17-14-11-8-5-2/h8,11-12,15,17,20,22,24,26-27,38,41,59H,4-7,9-10,13-14,16,18-19,21,23,25,28-37,39-40,42-58H2,1-3H3/b11-8-,15-12-,20-17-,24-22-,27-26-,41-38-. The maximum absolute atomic E-state index is 12.8. The van der Waals surface area contributed by atoms with Gasteiger partial charge in [-0.3, -0.25) is 14.4 Å². The average molecular weight is 950 g/mol. The van der Waals surface area contributed by atoms with Gasteiger partial charge in [-0.05, 0) is 103 Å². The molecular formula is C62H108O6. The van der Waals surface area contributed by atoms with Gasteiger partial charge in [0, 0.05) is 19.3 Å². The fourth-order valence-corrected chi connectivity index (χ4v) is 8.08. The van der Waals surface area contributed by atoms with Crippen molar-refractivity contribution in [1.29, 1.82) is 0 Å². The summed E-state index contributed by atoms with van der Waals surface area (Å²) in [5, 5.41) is 0. The van der Waals surface area contributed by atoms with Crippen LogP contribution in [-0.2, 0) is 28.6 Å². The third-order valence-electron chi connectivity index (χ3n) is 12.4. The summed E-state index contributed by atoms with van der Waals surface area (Å²) in [6, 6.07) is 0. The van der Waals surface area contributed by atoms with Gasteiger partial charge in [0.15, 0.2) is 6.10 Å². The van der Waals surface area contributed by atoms with Gasteiger partial charge in [-0.15, -0.1) is 0 Å². The van der Waals surface area contributed by atoms with Crippen molar-refractivity contribution >= 4 is 17.9 Å². The minimum absolute atomic E-state index is 0.0890. The lowest BCUT2D eigenvalue weighted by Crippen LogP contribution is -2.30. The fourth-order valence-electron chi connectivity index (χ4n) is 8.08. The normalized spacial score (nSPS) is 12.6. The number of hydrogen-bond acceptors (Lipinski definition) is 6. The molecule has 0 saturated heterocycles. The van der Waals surface area contributed by atoms with E-state index >= 15 is 0 Å². The van der Waals surface area contributed by atoms with Crippen LogP contribution < -0.4 is 0 Å². The maximum atomic E-state index is 12.8. The van der Waals surface area contributed by atoms with E-state index in [0.717, 1.165) is 103 Å². The van der Waals surface area contributed by atoms with E-state index in [1.807, 2.05) is 0 Å². The van der Waals surface area contributed by atoms with E-state index < -0.39 is 6.10 Å². The first-order valence-corrected chi connectivity index (χ1v) is 28.9. The van der Waals surface area contributed by atoms with Crippen molar-refractivity contribution in [1.82, 2.24) is 0 Å². The lowest BCUT2D eigenvalue weighted by atomic mass is 10.0. The summed E-state index contributed by atoms with van der Waals surface area (Å²) in [5.41, 5.74) is 0. The van der Waals surface area contributed by atoms with Crippen molar-refractivity contribution in [3.63, 3.8) is 0 Å². The number of rotatable bonds is 52. The second-order valence-electron chi connectivity index (χ2n) is 19.2. The van der Waals surface area contributed by atoms with Crippen LogP contribution in [0.4, 0.5) is 0 Å². The summed E-state index contributed by atoms with van der Waals surface area (Å²) >= 11 is 0. The van der Waals surface area contributed by atoms with E-state index in [1.165, 1.54) is 141 Å². The van der Waals surface area contributed by atoms with Crippen LogP contribution in [0.2, 0.25) is 0 Å². The van der Waals surface area contributed by atoms with Crippen LogP contribution in [0.1, 0.15) is 284 Å². The predicted molar refractivity (Wildman–Crippen MR) is 293 cm³/mol. The summed E-state index contributed by atoms with van der Waals surface area (Å²) in [4.78, 5) is 38.0. The van der Waals surface area contributed by atoms with Crippen molar-refractivity contribution in [2.24, 2.45) is 0 Å². The zero-order valence-electron chi connectivity index (χ0n) is 44.9.